The van der Waals surface area contributed by atoms with Crippen molar-refractivity contribution in [1.82, 2.24) is 35.5 Å². The highest BCUT2D eigenvalue weighted by atomic mass is 16.6. The van der Waals surface area contributed by atoms with E-state index in [0.717, 1.165) is 18.5 Å². The third-order valence-electron chi connectivity index (χ3n) is 7.26. The van der Waals surface area contributed by atoms with E-state index < -0.39 is 23.7 Å². The SMILES string of the molecule is CC(C)(C)OC(=O)C(Cn1cnc2c(N3CCC(C(=O)NC4=NCCCN4)CC3)ncnc21)NC(=O)OCc1ccccc1. The molecule has 0 aliphatic carbocycles. The largest absolute Gasteiger partial charge is 0.458 e. The van der Waals surface area contributed by atoms with Crippen LogP contribution in [0.1, 0.15) is 45.6 Å². The molecule has 4 heterocycles. The fraction of sp³-hybridized carbons (Fsp3) is 0.500. The number of amides is 2. The highest BCUT2D eigenvalue weighted by Crippen LogP contribution is 2.27. The first-order valence-corrected chi connectivity index (χ1v) is 14.9. The molecule has 2 aliphatic heterocycles. The molecule has 2 aromatic heterocycles. The quantitative estimate of drug-likeness (QED) is 0.324. The van der Waals surface area contributed by atoms with Gasteiger partial charge in [-0.05, 0) is 45.6 Å². The smallest absolute Gasteiger partial charge is 0.408 e. The summed E-state index contributed by atoms with van der Waals surface area (Å²) in [6.45, 7) is 8.11. The van der Waals surface area contributed by atoms with E-state index in [2.05, 4.69) is 40.8 Å². The predicted octanol–water partition coefficient (Wildman–Crippen LogP) is 2.14. The second-order valence-electron chi connectivity index (χ2n) is 11.8. The minimum Gasteiger partial charge on any atom is -0.458 e. The Morgan fingerprint density at radius 2 is 1.86 bits per heavy atom. The van der Waals surface area contributed by atoms with Gasteiger partial charge in [-0.15, -0.1) is 0 Å². The summed E-state index contributed by atoms with van der Waals surface area (Å²) in [5.74, 6) is 0.429. The van der Waals surface area contributed by atoms with Gasteiger partial charge < -0.3 is 29.6 Å². The monoisotopic (exact) mass is 605 g/mol. The number of rotatable bonds is 8. The van der Waals surface area contributed by atoms with Gasteiger partial charge in [0.15, 0.2) is 22.9 Å². The second-order valence-corrected chi connectivity index (χ2v) is 11.8. The molecule has 1 aromatic carbocycles. The Hall–Kier alpha value is -4.75. The maximum Gasteiger partial charge on any atom is 0.408 e. The lowest BCUT2D eigenvalue weighted by Crippen LogP contribution is -2.48. The first-order valence-electron chi connectivity index (χ1n) is 14.9. The molecule has 5 rings (SSSR count). The van der Waals surface area contributed by atoms with Gasteiger partial charge in [-0.25, -0.2) is 24.5 Å². The van der Waals surface area contributed by atoms with E-state index in [-0.39, 0.29) is 25.0 Å². The lowest BCUT2D eigenvalue weighted by atomic mass is 9.96. The zero-order chi connectivity index (χ0) is 31.1. The number of anilines is 1. The molecule has 0 spiro atoms. The first kappa shape index (κ1) is 30.7. The molecule has 1 saturated heterocycles. The van der Waals surface area contributed by atoms with E-state index in [0.29, 0.717) is 55.4 Å². The molecule has 3 aromatic rings. The summed E-state index contributed by atoms with van der Waals surface area (Å²) >= 11 is 0. The number of carbonyl (C=O) groups excluding carboxylic acids is 3. The molecule has 2 amide bonds. The fourth-order valence-corrected chi connectivity index (χ4v) is 5.08. The topological polar surface area (TPSA) is 165 Å². The van der Waals surface area contributed by atoms with Crippen LogP contribution in [0.5, 0.6) is 0 Å². The minimum absolute atomic E-state index is 0.0163. The molecule has 0 bridgehead atoms. The number of ether oxygens (including phenoxy) is 2. The average molecular weight is 606 g/mol. The van der Waals surface area contributed by atoms with Crippen LogP contribution in [0, 0.1) is 5.92 Å². The highest BCUT2D eigenvalue weighted by molar-refractivity contribution is 5.98. The maximum atomic E-state index is 13.1. The summed E-state index contributed by atoms with van der Waals surface area (Å²) in [6, 6.07) is 8.20. The van der Waals surface area contributed by atoms with Crippen molar-refractivity contribution in [3.8, 4) is 0 Å². The number of aromatic nitrogens is 4. The molecular formula is C30H39N9O5. The van der Waals surface area contributed by atoms with E-state index in [1.54, 1.807) is 31.7 Å². The Kier molecular flexibility index (Phi) is 9.56. The van der Waals surface area contributed by atoms with Crippen LogP contribution in [0.25, 0.3) is 11.2 Å². The van der Waals surface area contributed by atoms with Gasteiger partial charge in [0.05, 0.1) is 12.9 Å². The van der Waals surface area contributed by atoms with Gasteiger partial charge in [-0.3, -0.25) is 15.1 Å². The number of carbonyl (C=O) groups is 3. The number of hydrogen-bond donors (Lipinski definition) is 3. The van der Waals surface area contributed by atoms with Crippen molar-refractivity contribution < 1.29 is 23.9 Å². The third kappa shape index (κ3) is 7.99. The number of hydrogen-bond acceptors (Lipinski definition) is 11. The minimum atomic E-state index is -1.06. The summed E-state index contributed by atoms with van der Waals surface area (Å²) in [5, 5.41) is 8.68. The van der Waals surface area contributed by atoms with Crippen LogP contribution < -0.4 is 20.9 Å². The van der Waals surface area contributed by atoms with E-state index in [1.165, 1.54) is 6.33 Å². The molecule has 3 N–H and O–H groups in total. The molecule has 2 aliphatic rings. The van der Waals surface area contributed by atoms with Crippen LogP contribution in [0.2, 0.25) is 0 Å². The van der Waals surface area contributed by atoms with Crippen LogP contribution in [-0.4, -0.2) is 81.3 Å². The number of nitrogens with one attached hydrogen (secondary N) is 3. The molecule has 14 nitrogen and oxygen atoms in total. The summed E-state index contributed by atoms with van der Waals surface area (Å²) in [4.78, 5) is 58.5. The van der Waals surface area contributed by atoms with Gasteiger partial charge >= 0.3 is 12.1 Å². The van der Waals surface area contributed by atoms with Crippen molar-refractivity contribution in [3.05, 3.63) is 48.5 Å². The summed E-state index contributed by atoms with van der Waals surface area (Å²) in [6.07, 6.45) is 4.53. The summed E-state index contributed by atoms with van der Waals surface area (Å²) in [5.41, 5.74) is 1.12. The molecule has 1 unspecified atom stereocenters. The zero-order valence-corrected chi connectivity index (χ0v) is 25.3. The maximum absolute atomic E-state index is 13.1. The Bertz CT molecular complexity index is 1490. The first-order chi connectivity index (χ1) is 21.2. The Labute approximate surface area is 255 Å². The second kappa shape index (κ2) is 13.7. The standard InChI is InChI=1S/C30H39N9O5/c1-30(2,3)44-27(41)22(36-29(42)43-17-20-8-5-4-6-9-20)16-39-19-35-23-24(33-18-34-25(23)39)38-14-10-21(11-15-38)26(40)37-28-31-12-7-13-32-28/h4-6,8-9,18-19,21-22H,7,10-17H2,1-3H3,(H,36,42)(H2,31,32,37,40). The van der Waals surface area contributed by atoms with E-state index in [4.69, 9.17) is 9.47 Å². The summed E-state index contributed by atoms with van der Waals surface area (Å²) in [7, 11) is 0. The molecule has 1 atom stereocenters. The van der Waals surface area contributed by atoms with Gasteiger partial charge in [-0.2, -0.15) is 0 Å². The molecular weight excluding hydrogens is 566 g/mol. The number of fused-ring (bicyclic) bond motifs is 1. The van der Waals surface area contributed by atoms with Crippen molar-refractivity contribution in [2.45, 2.75) is 64.8 Å². The average Bonchev–Trinajstić information content (AvgIpc) is 3.43. The normalized spacial score (nSPS) is 16.4. The van der Waals surface area contributed by atoms with Crippen LogP contribution in [0.4, 0.5) is 10.6 Å². The fourth-order valence-electron chi connectivity index (χ4n) is 5.08. The summed E-state index contributed by atoms with van der Waals surface area (Å²) < 4.78 is 12.6. The number of piperidine rings is 1. The number of aliphatic imine (C=N–C) groups is 1. The van der Waals surface area contributed by atoms with Crippen molar-refractivity contribution in [1.29, 1.82) is 0 Å². The molecule has 1 fully saturated rings. The van der Waals surface area contributed by atoms with Gasteiger partial charge in [0.25, 0.3) is 0 Å². The van der Waals surface area contributed by atoms with Gasteiger partial charge in [0.1, 0.15) is 24.6 Å². The number of imidazole rings is 1. The molecule has 234 valence electrons. The lowest BCUT2D eigenvalue weighted by molar-refractivity contribution is -0.157. The van der Waals surface area contributed by atoms with E-state index in [1.807, 2.05) is 30.3 Å². The van der Waals surface area contributed by atoms with Gasteiger partial charge in [0, 0.05) is 32.1 Å². The predicted molar refractivity (Wildman–Crippen MR) is 163 cm³/mol. The number of nitrogens with zero attached hydrogens (tertiary/aromatic N) is 6. The number of alkyl carbamates (subject to hydrolysis) is 1. The highest BCUT2D eigenvalue weighted by Gasteiger charge is 2.30. The van der Waals surface area contributed by atoms with Crippen molar-refractivity contribution in [2.24, 2.45) is 10.9 Å². The van der Waals surface area contributed by atoms with E-state index in [9.17, 15) is 14.4 Å². The van der Waals surface area contributed by atoms with Crippen LogP contribution in [-0.2, 0) is 32.2 Å². The van der Waals surface area contributed by atoms with Gasteiger partial charge in [0.2, 0.25) is 5.91 Å². The lowest BCUT2D eigenvalue weighted by Gasteiger charge is -2.32. The number of esters is 1. The van der Waals surface area contributed by atoms with Crippen LogP contribution in [0.3, 0.4) is 0 Å². The molecule has 0 saturated carbocycles. The van der Waals surface area contributed by atoms with Crippen LogP contribution >= 0.6 is 0 Å². The van der Waals surface area contributed by atoms with Crippen molar-refractivity contribution in [3.63, 3.8) is 0 Å². The Morgan fingerprint density at radius 3 is 2.57 bits per heavy atom. The van der Waals surface area contributed by atoms with Crippen molar-refractivity contribution in [2.75, 3.05) is 31.1 Å². The Balaban J connectivity index is 1.25. The van der Waals surface area contributed by atoms with Gasteiger partial charge in [-0.1, -0.05) is 30.3 Å². The Morgan fingerprint density at radius 1 is 1.09 bits per heavy atom. The third-order valence-corrected chi connectivity index (χ3v) is 7.26. The molecule has 14 heteroatoms. The molecule has 44 heavy (non-hydrogen) atoms. The van der Waals surface area contributed by atoms with Crippen LogP contribution in [0.15, 0.2) is 48.0 Å². The van der Waals surface area contributed by atoms with Crippen molar-refractivity contribution >= 4 is 40.9 Å². The number of benzene rings is 1. The zero-order valence-electron chi connectivity index (χ0n) is 25.3. The van der Waals surface area contributed by atoms with E-state index >= 15 is 0 Å². The molecule has 0 radical (unpaired) electrons. The number of guanidine groups is 1.